The van der Waals surface area contributed by atoms with Gasteiger partial charge in [-0.3, -0.25) is 4.79 Å². The predicted octanol–water partition coefficient (Wildman–Crippen LogP) is 1.88. The minimum Gasteiger partial charge on any atom is -0.351 e. The van der Waals surface area contributed by atoms with Crippen molar-refractivity contribution >= 4 is 29.0 Å². The summed E-state index contributed by atoms with van der Waals surface area (Å²) in [5.41, 5.74) is 1.38. The maximum atomic E-state index is 12.1. The molecule has 3 rings (SSSR count). The van der Waals surface area contributed by atoms with E-state index in [9.17, 15) is 4.79 Å². The zero-order chi connectivity index (χ0) is 12.4. The Bertz CT molecular complexity index is 415. The summed E-state index contributed by atoms with van der Waals surface area (Å²) in [4.78, 5) is 14.4. The molecule has 0 aliphatic carbocycles. The number of rotatable bonds is 3. The number of hydrogen-bond donors (Lipinski definition) is 2. The molecule has 0 aromatic carbocycles. The molecule has 3 nitrogen and oxygen atoms in total. The molecule has 18 heavy (non-hydrogen) atoms. The molecule has 1 fully saturated rings. The Kier molecular flexibility index (Phi) is 3.91. The van der Waals surface area contributed by atoms with Crippen LogP contribution in [0.4, 0.5) is 0 Å². The van der Waals surface area contributed by atoms with Crippen LogP contribution in [0.25, 0.3) is 0 Å². The fourth-order valence-electron chi connectivity index (χ4n) is 2.47. The molecule has 2 aliphatic rings. The zero-order valence-electron chi connectivity index (χ0n) is 10.3. The van der Waals surface area contributed by atoms with Crippen LogP contribution in [0.3, 0.4) is 0 Å². The molecule has 2 N–H and O–H groups in total. The Morgan fingerprint density at radius 2 is 2.50 bits per heavy atom. The van der Waals surface area contributed by atoms with Crippen molar-refractivity contribution in [2.45, 2.75) is 18.6 Å². The van der Waals surface area contributed by atoms with Gasteiger partial charge >= 0.3 is 0 Å². The van der Waals surface area contributed by atoms with Gasteiger partial charge in [-0.25, -0.2) is 0 Å². The third kappa shape index (κ3) is 2.73. The summed E-state index contributed by atoms with van der Waals surface area (Å²) in [5, 5.41) is 6.40. The fraction of sp³-hybridized carbons (Fsp3) is 0.615. The number of carbonyl (C=O) groups excluding carboxylic acids is 1. The number of fused-ring (bicyclic) bond motifs is 1. The number of thiophene rings is 1. The number of nitrogens with one attached hydrogen (secondary N) is 2. The molecule has 1 unspecified atom stereocenters. The van der Waals surface area contributed by atoms with Crippen molar-refractivity contribution in [2.24, 2.45) is 5.92 Å². The summed E-state index contributed by atoms with van der Waals surface area (Å²) in [7, 11) is 0. The molecule has 0 spiro atoms. The Labute approximate surface area is 116 Å². The first-order chi connectivity index (χ1) is 8.83. The van der Waals surface area contributed by atoms with E-state index in [0.29, 0.717) is 5.92 Å². The molecule has 3 heterocycles. The van der Waals surface area contributed by atoms with Gasteiger partial charge in [-0.2, -0.15) is 11.8 Å². The Morgan fingerprint density at radius 3 is 3.28 bits per heavy atom. The number of amides is 1. The SMILES string of the molecule is O=C(NCC1CCNC1)c1cc2c(s1)CCSC2. The molecule has 1 aromatic rings. The van der Waals surface area contributed by atoms with E-state index >= 15 is 0 Å². The summed E-state index contributed by atoms with van der Waals surface area (Å²) in [6, 6.07) is 2.09. The fourth-order valence-corrected chi connectivity index (χ4v) is 4.76. The van der Waals surface area contributed by atoms with E-state index in [1.807, 2.05) is 11.8 Å². The number of thioether (sulfide) groups is 1. The first-order valence-electron chi connectivity index (χ1n) is 6.51. The average molecular weight is 282 g/mol. The van der Waals surface area contributed by atoms with E-state index in [2.05, 4.69) is 16.7 Å². The van der Waals surface area contributed by atoms with E-state index in [1.54, 1.807) is 11.3 Å². The van der Waals surface area contributed by atoms with Crippen LogP contribution >= 0.6 is 23.1 Å². The lowest BCUT2D eigenvalue weighted by Gasteiger charge is -2.08. The van der Waals surface area contributed by atoms with Crippen LogP contribution in [0, 0.1) is 5.92 Å². The number of hydrogen-bond acceptors (Lipinski definition) is 4. The van der Waals surface area contributed by atoms with Crippen molar-refractivity contribution in [3.63, 3.8) is 0 Å². The summed E-state index contributed by atoms with van der Waals surface area (Å²) in [6.45, 7) is 2.94. The molecule has 5 heteroatoms. The molecular formula is C13H18N2OS2. The second kappa shape index (κ2) is 5.63. The van der Waals surface area contributed by atoms with Gasteiger partial charge in [-0.05, 0) is 49.2 Å². The standard InChI is InChI=1S/C13H18N2OS2/c16-13(15-7-9-1-3-14-6-9)12-5-10-8-17-4-2-11(10)18-12/h5,9,14H,1-4,6-8H2,(H,15,16). The average Bonchev–Trinajstić information content (AvgIpc) is 3.04. The minimum absolute atomic E-state index is 0.117. The maximum absolute atomic E-state index is 12.1. The van der Waals surface area contributed by atoms with Crippen molar-refractivity contribution in [3.05, 3.63) is 21.4 Å². The molecule has 0 bridgehead atoms. The van der Waals surface area contributed by atoms with Crippen molar-refractivity contribution in [1.29, 1.82) is 0 Å². The zero-order valence-corrected chi connectivity index (χ0v) is 12.0. The molecule has 2 aliphatic heterocycles. The van der Waals surface area contributed by atoms with Gasteiger partial charge < -0.3 is 10.6 Å². The maximum Gasteiger partial charge on any atom is 0.261 e. The van der Waals surface area contributed by atoms with Gasteiger partial charge in [0.25, 0.3) is 5.91 Å². The van der Waals surface area contributed by atoms with Crippen molar-refractivity contribution in [1.82, 2.24) is 10.6 Å². The van der Waals surface area contributed by atoms with Crippen molar-refractivity contribution < 1.29 is 4.79 Å². The van der Waals surface area contributed by atoms with Gasteiger partial charge in [0, 0.05) is 17.2 Å². The van der Waals surface area contributed by atoms with Crippen LogP contribution < -0.4 is 10.6 Å². The quantitative estimate of drug-likeness (QED) is 0.889. The largest absolute Gasteiger partial charge is 0.351 e. The van der Waals surface area contributed by atoms with Crippen LogP contribution in [0.15, 0.2) is 6.07 Å². The highest BCUT2D eigenvalue weighted by Gasteiger charge is 2.19. The highest BCUT2D eigenvalue weighted by atomic mass is 32.2. The van der Waals surface area contributed by atoms with Crippen LogP contribution in [0.2, 0.25) is 0 Å². The summed E-state index contributed by atoms with van der Waals surface area (Å²) in [5.74, 6) is 3.00. The Balaban J connectivity index is 1.59. The topological polar surface area (TPSA) is 41.1 Å². The second-order valence-corrected chi connectivity index (χ2v) is 7.17. The van der Waals surface area contributed by atoms with Gasteiger partial charge in [-0.15, -0.1) is 11.3 Å². The first-order valence-corrected chi connectivity index (χ1v) is 8.48. The van der Waals surface area contributed by atoms with Gasteiger partial charge in [0.15, 0.2) is 0 Å². The molecule has 1 aromatic heterocycles. The summed E-state index contributed by atoms with van der Waals surface area (Å²) < 4.78 is 0. The molecule has 1 amide bonds. The van der Waals surface area contributed by atoms with Crippen LogP contribution in [-0.4, -0.2) is 31.3 Å². The van der Waals surface area contributed by atoms with E-state index in [4.69, 9.17) is 0 Å². The normalized spacial score (nSPS) is 22.8. The van der Waals surface area contributed by atoms with E-state index in [-0.39, 0.29) is 5.91 Å². The van der Waals surface area contributed by atoms with E-state index in [1.165, 1.54) is 22.6 Å². The molecule has 0 saturated carbocycles. The van der Waals surface area contributed by atoms with Gasteiger partial charge in [-0.1, -0.05) is 0 Å². The van der Waals surface area contributed by atoms with Crippen LogP contribution in [-0.2, 0) is 12.2 Å². The molecule has 0 radical (unpaired) electrons. The van der Waals surface area contributed by atoms with Crippen LogP contribution in [0.5, 0.6) is 0 Å². The third-order valence-corrected chi connectivity index (χ3v) is 5.81. The Hall–Kier alpha value is -0.520. The van der Waals surface area contributed by atoms with Gasteiger partial charge in [0.05, 0.1) is 4.88 Å². The molecule has 98 valence electrons. The highest BCUT2D eigenvalue weighted by Crippen LogP contribution is 2.31. The third-order valence-electron chi connectivity index (χ3n) is 3.57. The summed E-state index contributed by atoms with van der Waals surface area (Å²) in [6.07, 6.45) is 2.31. The van der Waals surface area contributed by atoms with E-state index in [0.717, 1.165) is 36.7 Å². The summed E-state index contributed by atoms with van der Waals surface area (Å²) >= 11 is 3.65. The lowest BCUT2D eigenvalue weighted by atomic mass is 10.1. The monoisotopic (exact) mass is 282 g/mol. The lowest BCUT2D eigenvalue weighted by Crippen LogP contribution is -2.29. The molecule has 1 atom stereocenters. The van der Waals surface area contributed by atoms with Crippen molar-refractivity contribution in [3.8, 4) is 0 Å². The Morgan fingerprint density at radius 1 is 1.56 bits per heavy atom. The van der Waals surface area contributed by atoms with Crippen LogP contribution in [0.1, 0.15) is 26.5 Å². The lowest BCUT2D eigenvalue weighted by molar-refractivity contribution is 0.0952. The van der Waals surface area contributed by atoms with Gasteiger partial charge in [0.1, 0.15) is 0 Å². The highest BCUT2D eigenvalue weighted by molar-refractivity contribution is 7.98. The smallest absolute Gasteiger partial charge is 0.261 e. The van der Waals surface area contributed by atoms with Crippen molar-refractivity contribution in [2.75, 3.05) is 25.4 Å². The van der Waals surface area contributed by atoms with E-state index < -0.39 is 0 Å². The predicted molar refractivity (Wildman–Crippen MR) is 77.5 cm³/mol. The minimum atomic E-state index is 0.117. The second-order valence-electron chi connectivity index (χ2n) is 4.93. The number of aryl methyl sites for hydroxylation is 1. The molecule has 1 saturated heterocycles. The molecular weight excluding hydrogens is 264 g/mol. The first kappa shape index (κ1) is 12.5. The van der Waals surface area contributed by atoms with Gasteiger partial charge in [0.2, 0.25) is 0 Å². The number of carbonyl (C=O) groups is 1.